The minimum absolute atomic E-state index is 0. The van der Waals surface area contributed by atoms with E-state index in [-0.39, 0.29) is 26.1 Å². The van der Waals surface area contributed by atoms with Crippen LogP contribution in [0.15, 0.2) is 17.1 Å². The molecule has 1 aromatic rings. The van der Waals surface area contributed by atoms with Crippen molar-refractivity contribution in [3.63, 3.8) is 0 Å². The molecule has 13 heteroatoms. The van der Waals surface area contributed by atoms with Gasteiger partial charge in [0.2, 0.25) is 12.1 Å². The van der Waals surface area contributed by atoms with Gasteiger partial charge in [0.25, 0.3) is 0 Å². The zero-order valence-electron chi connectivity index (χ0n) is 13.8. The molecule has 4 atom stereocenters. The highest BCUT2D eigenvalue weighted by Crippen LogP contribution is 2.41. The van der Waals surface area contributed by atoms with E-state index in [0.29, 0.717) is 4.57 Å². The first-order valence-electron chi connectivity index (χ1n) is 7.77. The number of hydrogen-bond donors (Lipinski definition) is 5. The highest BCUT2D eigenvalue weighted by atomic mass is 19.3. The molecule has 0 radical (unpaired) electrons. The maximum absolute atomic E-state index is 14.1. The smallest absolute Gasteiger partial charge is 0.351 e. The molecule has 0 aliphatic carbocycles. The van der Waals surface area contributed by atoms with Crippen molar-refractivity contribution >= 4 is 17.7 Å². The SMILES string of the molecule is C.NC(CCC(=O)Nc1ccn([C@@H]2O[C@H](CO)[C@H](O)C2(F)F)c(=O)n1)C(=O)O. The van der Waals surface area contributed by atoms with E-state index in [9.17, 15) is 28.3 Å². The van der Waals surface area contributed by atoms with Gasteiger partial charge in [0.05, 0.1) is 6.61 Å². The lowest BCUT2D eigenvalue weighted by Crippen LogP contribution is -2.41. The first-order chi connectivity index (χ1) is 12.6. The fourth-order valence-electron chi connectivity index (χ4n) is 2.39. The number of aromatic nitrogens is 2. The molecule has 0 saturated carbocycles. The molecular weight excluding hydrogens is 386 g/mol. The van der Waals surface area contributed by atoms with Crippen LogP contribution in [0.3, 0.4) is 0 Å². The molecule has 158 valence electrons. The van der Waals surface area contributed by atoms with E-state index >= 15 is 0 Å². The molecule has 1 aliphatic rings. The van der Waals surface area contributed by atoms with E-state index in [4.69, 9.17) is 20.7 Å². The fraction of sp³-hybridized carbons (Fsp3) is 0.600. The molecule has 6 N–H and O–H groups in total. The van der Waals surface area contributed by atoms with Crippen LogP contribution in [0.1, 0.15) is 26.5 Å². The molecule has 1 amide bonds. The van der Waals surface area contributed by atoms with E-state index < -0.39 is 54.6 Å². The maximum atomic E-state index is 14.1. The summed E-state index contributed by atoms with van der Waals surface area (Å²) in [6, 6.07) is -0.182. The minimum Gasteiger partial charge on any atom is -0.480 e. The highest BCUT2D eigenvalue weighted by molar-refractivity contribution is 5.90. The zero-order valence-corrected chi connectivity index (χ0v) is 13.8. The zero-order chi connectivity index (χ0) is 20.4. The predicted molar refractivity (Wildman–Crippen MR) is 90.7 cm³/mol. The normalized spacial score (nSPS) is 24.2. The van der Waals surface area contributed by atoms with Crippen LogP contribution < -0.4 is 16.7 Å². The summed E-state index contributed by atoms with van der Waals surface area (Å²) in [5.74, 6) is -6.04. The van der Waals surface area contributed by atoms with E-state index in [1.165, 1.54) is 0 Å². The average molecular weight is 408 g/mol. The maximum Gasteiger partial charge on any atom is 0.351 e. The van der Waals surface area contributed by atoms with Crippen molar-refractivity contribution in [1.29, 1.82) is 0 Å². The quantitative estimate of drug-likeness (QED) is 0.374. The summed E-state index contributed by atoms with van der Waals surface area (Å²) in [6.45, 7) is -0.873. The Balaban J connectivity index is 0.00000392. The van der Waals surface area contributed by atoms with Crippen LogP contribution in [0.4, 0.5) is 14.6 Å². The van der Waals surface area contributed by atoms with Crippen LogP contribution >= 0.6 is 0 Å². The molecule has 28 heavy (non-hydrogen) atoms. The number of carboxylic acid groups (broad SMARTS) is 1. The molecule has 2 rings (SSSR count). The van der Waals surface area contributed by atoms with Crippen LogP contribution in [0.2, 0.25) is 0 Å². The van der Waals surface area contributed by atoms with Crippen molar-refractivity contribution in [3.05, 3.63) is 22.7 Å². The van der Waals surface area contributed by atoms with Crippen molar-refractivity contribution in [2.75, 3.05) is 11.9 Å². The molecular formula is C15H22F2N4O7. The van der Waals surface area contributed by atoms with Gasteiger partial charge < -0.3 is 31.1 Å². The minimum atomic E-state index is -3.85. The Labute approximate surface area is 157 Å². The first kappa shape index (κ1) is 23.6. The van der Waals surface area contributed by atoms with Crippen molar-refractivity contribution in [3.8, 4) is 0 Å². The Hall–Kier alpha value is -2.48. The van der Waals surface area contributed by atoms with Crippen LogP contribution in [0, 0.1) is 0 Å². The second-order valence-electron chi connectivity index (χ2n) is 5.86. The lowest BCUT2D eigenvalue weighted by atomic mass is 10.1. The number of nitrogens with two attached hydrogens (primary N) is 1. The third-order valence-electron chi connectivity index (χ3n) is 3.91. The largest absolute Gasteiger partial charge is 0.480 e. The number of ether oxygens (including phenoxy) is 1. The number of nitrogens with one attached hydrogen (secondary N) is 1. The van der Waals surface area contributed by atoms with Gasteiger partial charge in [-0.15, -0.1) is 0 Å². The molecule has 0 spiro atoms. The van der Waals surface area contributed by atoms with Gasteiger partial charge in [-0.2, -0.15) is 13.8 Å². The van der Waals surface area contributed by atoms with Crippen molar-refractivity contribution in [2.45, 2.75) is 50.7 Å². The highest BCUT2D eigenvalue weighted by Gasteiger charge is 2.59. The summed E-state index contributed by atoms with van der Waals surface area (Å²) in [6.07, 6.45) is -5.58. The van der Waals surface area contributed by atoms with E-state index in [1.807, 2.05) is 0 Å². The van der Waals surface area contributed by atoms with Crippen LogP contribution in [-0.2, 0) is 14.3 Å². The second-order valence-corrected chi connectivity index (χ2v) is 5.86. The van der Waals surface area contributed by atoms with E-state index in [0.717, 1.165) is 12.3 Å². The molecule has 2 heterocycles. The van der Waals surface area contributed by atoms with Gasteiger partial charge in [0.15, 0.2) is 6.10 Å². The number of carbonyl (C=O) groups is 2. The van der Waals surface area contributed by atoms with Gasteiger partial charge in [-0.05, 0) is 12.5 Å². The summed E-state index contributed by atoms with van der Waals surface area (Å²) in [5, 5.41) is 29.3. The first-order valence-corrected chi connectivity index (χ1v) is 7.77. The van der Waals surface area contributed by atoms with Gasteiger partial charge in [-0.25, -0.2) is 4.79 Å². The van der Waals surface area contributed by atoms with Gasteiger partial charge in [-0.1, -0.05) is 7.43 Å². The number of carboxylic acids is 1. The number of carbonyl (C=O) groups excluding carboxylic acids is 1. The number of halogens is 2. The van der Waals surface area contributed by atoms with E-state index in [2.05, 4.69) is 10.3 Å². The number of hydrogen-bond acceptors (Lipinski definition) is 8. The van der Waals surface area contributed by atoms with Gasteiger partial charge in [-0.3, -0.25) is 14.2 Å². The Morgan fingerprint density at radius 2 is 2.11 bits per heavy atom. The van der Waals surface area contributed by atoms with Crippen molar-refractivity contribution in [1.82, 2.24) is 9.55 Å². The number of aliphatic hydroxyl groups excluding tert-OH is 2. The number of aliphatic carboxylic acids is 1. The summed E-state index contributed by atoms with van der Waals surface area (Å²) >= 11 is 0. The predicted octanol–water partition coefficient (Wildman–Crippen LogP) is -1.10. The summed E-state index contributed by atoms with van der Waals surface area (Å²) in [5.41, 5.74) is 4.07. The number of anilines is 1. The average Bonchev–Trinajstić information content (AvgIpc) is 2.82. The summed E-state index contributed by atoms with van der Waals surface area (Å²) in [7, 11) is 0. The molecule has 1 fully saturated rings. The third kappa shape index (κ3) is 4.86. The topological polar surface area (TPSA) is 177 Å². The number of rotatable bonds is 7. The number of nitrogens with zero attached hydrogens (tertiary/aromatic N) is 2. The monoisotopic (exact) mass is 408 g/mol. The lowest BCUT2D eigenvalue weighted by Gasteiger charge is -2.21. The van der Waals surface area contributed by atoms with Gasteiger partial charge in [0, 0.05) is 12.6 Å². The number of amides is 1. The third-order valence-corrected chi connectivity index (χ3v) is 3.91. The molecule has 11 nitrogen and oxygen atoms in total. The van der Waals surface area contributed by atoms with Crippen LogP contribution in [-0.4, -0.2) is 67.5 Å². The Kier molecular flexibility index (Phi) is 7.69. The van der Waals surface area contributed by atoms with Crippen LogP contribution in [0.5, 0.6) is 0 Å². The Morgan fingerprint density at radius 1 is 1.46 bits per heavy atom. The summed E-state index contributed by atoms with van der Waals surface area (Å²) in [4.78, 5) is 37.7. The Morgan fingerprint density at radius 3 is 2.61 bits per heavy atom. The fourth-order valence-corrected chi connectivity index (χ4v) is 2.39. The second kappa shape index (κ2) is 9.14. The Bertz CT molecular complexity index is 773. The molecule has 0 aromatic carbocycles. The number of aliphatic hydroxyl groups is 2. The molecule has 1 aliphatic heterocycles. The molecule has 1 unspecified atom stereocenters. The summed E-state index contributed by atoms with van der Waals surface area (Å²) < 4.78 is 33.4. The van der Waals surface area contributed by atoms with Crippen LogP contribution in [0.25, 0.3) is 0 Å². The molecule has 0 bridgehead atoms. The van der Waals surface area contributed by atoms with E-state index in [1.54, 1.807) is 0 Å². The van der Waals surface area contributed by atoms with Crippen molar-refractivity contribution < 1.29 is 38.4 Å². The van der Waals surface area contributed by atoms with Crippen molar-refractivity contribution in [2.24, 2.45) is 5.73 Å². The lowest BCUT2D eigenvalue weighted by molar-refractivity contribution is -0.141. The van der Waals surface area contributed by atoms with Gasteiger partial charge >= 0.3 is 17.6 Å². The van der Waals surface area contributed by atoms with Gasteiger partial charge in [0.1, 0.15) is 18.0 Å². The number of alkyl halides is 2. The molecule has 1 saturated heterocycles. The molecule has 1 aromatic heterocycles. The standard InChI is InChI=1S/C14H18F2N4O7.CH4/c15-14(16)10(23)7(5-21)27-12(14)20-4-3-8(19-13(20)26)18-9(22)2-1-6(17)11(24)25;/h3-4,6-7,10,12,21,23H,1-2,5,17H2,(H,24,25)(H,18,19,22,26);1H4/t6?,7-,10+,12-;/m1./s1.